The number of aromatic nitrogens is 1. The number of carbonyl (C=O) groups is 2. The fraction of sp³-hybridized carbons (Fsp3) is 0.250. The second-order valence-electron chi connectivity index (χ2n) is 7.46. The van der Waals surface area contributed by atoms with Crippen molar-refractivity contribution in [3.63, 3.8) is 0 Å². The third-order valence-corrected chi connectivity index (χ3v) is 5.68. The van der Waals surface area contributed by atoms with Gasteiger partial charge < -0.3 is 10.6 Å². The van der Waals surface area contributed by atoms with Crippen LogP contribution in [0.2, 0.25) is 0 Å². The monoisotopic (exact) mass is 432 g/mol. The smallest absolute Gasteiger partial charge is 0.280 e. The highest BCUT2D eigenvalue weighted by Gasteiger charge is 2.25. The zero-order valence-corrected chi connectivity index (χ0v) is 18.3. The zero-order valence-electron chi connectivity index (χ0n) is 17.5. The number of nitrogens with zero attached hydrogens (tertiary/aromatic N) is 2. The van der Waals surface area contributed by atoms with Crippen molar-refractivity contribution in [1.29, 1.82) is 5.26 Å². The predicted octanol–water partition coefficient (Wildman–Crippen LogP) is 4.26. The molecule has 3 aromatic rings. The van der Waals surface area contributed by atoms with Gasteiger partial charge in [0.15, 0.2) is 5.01 Å². The SMILES string of the molecule is CC(C)C[C@H](NC(=O)c1nc(-c2ccccc2)c(-c2ccccc2)s1)C(=O)NCC#N. The Bertz CT molecular complexity index is 1010. The summed E-state index contributed by atoms with van der Waals surface area (Å²) in [5.74, 6) is -0.581. The van der Waals surface area contributed by atoms with Crippen LogP contribution in [-0.4, -0.2) is 29.4 Å². The van der Waals surface area contributed by atoms with E-state index in [1.807, 2.05) is 80.6 Å². The first kappa shape index (κ1) is 22.2. The van der Waals surface area contributed by atoms with Gasteiger partial charge in [0.2, 0.25) is 5.91 Å². The molecule has 31 heavy (non-hydrogen) atoms. The molecule has 1 aromatic heterocycles. The van der Waals surface area contributed by atoms with Crippen molar-refractivity contribution >= 4 is 23.2 Å². The number of benzene rings is 2. The van der Waals surface area contributed by atoms with Crippen molar-refractivity contribution in [3.05, 3.63) is 65.7 Å². The van der Waals surface area contributed by atoms with Crippen LogP contribution in [0, 0.1) is 17.2 Å². The fourth-order valence-corrected chi connectivity index (χ4v) is 4.16. The van der Waals surface area contributed by atoms with Crippen LogP contribution in [0.1, 0.15) is 30.1 Å². The van der Waals surface area contributed by atoms with Crippen LogP contribution in [0.15, 0.2) is 60.7 Å². The molecule has 158 valence electrons. The number of hydrogen-bond acceptors (Lipinski definition) is 5. The second kappa shape index (κ2) is 10.5. The lowest BCUT2D eigenvalue weighted by Crippen LogP contribution is -2.47. The molecule has 0 radical (unpaired) electrons. The molecule has 1 heterocycles. The molecule has 0 saturated carbocycles. The third kappa shape index (κ3) is 5.77. The average Bonchev–Trinajstić information content (AvgIpc) is 3.23. The molecule has 0 aliphatic heterocycles. The van der Waals surface area contributed by atoms with Crippen molar-refractivity contribution in [2.24, 2.45) is 5.92 Å². The van der Waals surface area contributed by atoms with Crippen LogP contribution in [0.5, 0.6) is 0 Å². The topological polar surface area (TPSA) is 94.9 Å². The van der Waals surface area contributed by atoms with Gasteiger partial charge in [-0.3, -0.25) is 9.59 Å². The normalized spacial score (nSPS) is 11.5. The summed E-state index contributed by atoms with van der Waals surface area (Å²) in [4.78, 5) is 31.0. The standard InChI is InChI=1S/C24H24N4O2S/c1-16(2)15-19(22(29)26-14-13-25)27-23(30)24-28-20(17-9-5-3-6-10-17)21(31-24)18-11-7-4-8-12-18/h3-12,16,19H,14-15H2,1-2H3,(H,26,29)(H,27,30)/t19-/m0/s1. The van der Waals surface area contributed by atoms with Gasteiger partial charge >= 0.3 is 0 Å². The highest BCUT2D eigenvalue weighted by atomic mass is 32.1. The summed E-state index contributed by atoms with van der Waals surface area (Å²) in [6, 6.07) is 20.7. The van der Waals surface area contributed by atoms with Gasteiger partial charge in [0, 0.05) is 5.56 Å². The van der Waals surface area contributed by atoms with Crippen molar-refractivity contribution in [2.45, 2.75) is 26.3 Å². The molecule has 0 aliphatic carbocycles. The van der Waals surface area contributed by atoms with Crippen LogP contribution in [-0.2, 0) is 4.79 Å². The van der Waals surface area contributed by atoms with Crippen molar-refractivity contribution in [1.82, 2.24) is 15.6 Å². The lowest BCUT2D eigenvalue weighted by Gasteiger charge is -2.18. The van der Waals surface area contributed by atoms with Crippen LogP contribution in [0.3, 0.4) is 0 Å². The highest BCUT2D eigenvalue weighted by molar-refractivity contribution is 7.17. The molecule has 3 rings (SSSR count). The maximum atomic E-state index is 13.0. The first-order valence-corrected chi connectivity index (χ1v) is 10.9. The van der Waals surface area contributed by atoms with E-state index in [2.05, 4.69) is 15.6 Å². The lowest BCUT2D eigenvalue weighted by molar-refractivity contribution is -0.123. The van der Waals surface area contributed by atoms with Gasteiger partial charge in [-0.1, -0.05) is 74.5 Å². The van der Waals surface area contributed by atoms with E-state index in [4.69, 9.17) is 5.26 Å². The Morgan fingerprint density at radius 3 is 2.23 bits per heavy atom. The number of nitriles is 1. The summed E-state index contributed by atoms with van der Waals surface area (Å²) < 4.78 is 0. The second-order valence-corrected chi connectivity index (χ2v) is 8.46. The van der Waals surface area contributed by atoms with Crippen LogP contribution in [0.25, 0.3) is 21.7 Å². The minimum absolute atomic E-state index is 0.100. The Kier molecular flexibility index (Phi) is 7.52. The molecule has 0 fully saturated rings. The first-order chi connectivity index (χ1) is 15.0. The van der Waals surface area contributed by atoms with Crippen molar-refractivity contribution in [3.8, 4) is 27.8 Å². The molecule has 2 N–H and O–H groups in total. The summed E-state index contributed by atoms with van der Waals surface area (Å²) in [5, 5.41) is 14.4. The summed E-state index contributed by atoms with van der Waals surface area (Å²) in [7, 11) is 0. The van der Waals surface area contributed by atoms with E-state index in [1.165, 1.54) is 11.3 Å². The van der Waals surface area contributed by atoms with Crippen molar-refractivity contribution < 1.29 is 9.59 Å². The molecule has 0 spiro atoms. The number of carbonyl (C=O) groups excluding carboxylic acids is 2. The first-order valence-electron chi connectivity index (χ1n) is 10.1. The molecule has 1 atom stereocenters. The van der Waals surface area contributed by atoms with E-state index < -0.39 is 11.9 Å². The number of nitrogens with one attached hydrogen (secondary N) is 2. The molecule has 7 heteroatoms. The lowest BCUT2D eigenvalue weighted by atomic mass is 10.0. The van der Waals surface area contributed by atoms with Gasteiger partial charge in [-0.05, 0) is 17.9 Å². The molecular formula is C24H24N4O2S. The maximum absolute atomic E-state index is 13.0. The zero-order chi connectivity index (χ0) is 22.2. The van der Waals surface area contributed by atoms with E-state index in [9.17, 15) is 9.59 Å². The fourth-order valence-electron chi connectivity index (χ4n) is 3.17. The van der Waals surface area contributed by atoms with E-state index in [0.717, 1.165) is 21.7 Å². The highest BCUT2D eigenvalue weighted by Crippen LogP contribution is 2.36. The number of thiazole rings is 1. The van der Waals surface area contributed by atoms with Gasteiger partial charge in [-0.25, -0.2) is 4.98 Å². The van der Waals surface area contributed by atoms with Gasteiger partial charge in [0.05, 0.1) is 16.6 Å². The summed E-state index contributed by atoms with van der Waals surface area (Å²) >= 11 is 1.30. The maximum Gasteiger partial charge on any atom is 0.280 e. The van der Waals surface area contributed by atoms with E-state index in [0.29, 0.717) is 11.4 Å². The molecular weight excluding hydrogens is 408 g/mol. The van der Waals surface area contributed by atoms with Crippen molar-refractivity contribution in [2.75, 3.05) is 6.54 Å². The van der Waals surface area contributed by atoms with Crippen LogP contribution in [0.4, 0.5) is 0 Å². The van der Waals surface area contributed by atoms with Gasteiger partial charge in [0.25, 0.3) is 5.91 Å². The molecule has 6 nitrogen and oxygen atoms in total. The Balaban J connectivity index is 1.92. The molecule has 0 saturated heterocycles. The van der Waals surface area contributed by atoms with Gasteiger partial charge in [0.1, 0.15) is 12.6 Å². The summed E-state index contributed by atoms with van der Waals surface area (Å²) in [5.41, 5.74) is 2.63. The molecule has 2 amide bonds. The number of rotatable bonds is 8. The minimum Gasteiger partial charge on any atom is -0.341 e. The van der Waals surface area contributed by atoms with Crippen LogP contribution >= 0.6 is 11.3 Å². The number of amides is 2. The Morgan fingerprint density at radius 2 is 1.65 bits per heavy atom. The Morgan fingerprint density at radius 1 is 1.03 bits per heavy atom. The summed E-state index contributed by atoms with van der Waals surface area (Å²) in [6.07, 6.45) is 0.464. The molecule has 0 aliphatic rings. The van der Waals surface area contributed by atoms with Gasteiger partial charge in [-0.2, -0.15) is 5.26 Å². The predicted molar refractivity (Wildman–Crippen MR) is 122 cm³/mol. The number of hydrogen-bond donors (Lipinski definition) is 2. The molecule has 0 unspecified atom stereocenters. The van der Waals surface area contributed by atoms with E-state index in [1.54, 1.807) is 0 Å². The quantitative estimate of drug-likeness (QED) is 0.520. The van der Waals surface area contributed by atoms with E-state index >= 15 is 0 Å². The molecule has 0 bridgehead atoms. The van der Waals surface area contributed by atoms with Crippen LogP contribution < -0.4 is 10.6 Å². The average molecular weight is 433 g/mol. The molecule has 2 aromatic carbocycles. The Hall–Kier alpha value is -3.50. The third-order valence-electron chi connectivity index (χ3n) is 4.58. The minimum atomic E-state index is -0.731. The summed E-state index contributed by atoms with van der Waals surface area (Å²) in [6.45, 7) is 3.85. The van der Waals surface area contributed by atoms with E-state index in [-0.39, 0.29) is 18.4 Å². The largest absolute Gasteiger partial charge is 0.341 e. The van der Waals surface area contributed by atoms with Gasteiger partial charge in [-0.15, -0.1) is 11.3 Å². The Labute approximate surface area is 186 Å².